The van der Waals surface area contributed by atoms with Crippen LogP contribution >= 0.6 is 0 Å². The number of carboxylic acids is 1. The van der Waals surface area contributed by atoms with Crippen molar-refractivity contribution in [3.8, 4) is 11.1 Å². The van der Waals surface area contributed by atoms with Crippen molar-refractivity contribution in [2.45, 2.75) is 18.4 Å². The summed E-state index contributed by atoms with van der Waals surface area (Å²) < 4.78 is 5.57. The van der Waals surface area contributed by atoms with Gasteiger partial charge in [0.2, 0.25) is 5.91 Å². The Balaban J connectivity index is 1.16. The second-order valence-corrected chi connectivity index (χ2v) is 8.58. The van der Waals surface area contributed by atoms with Crippen molar-refractivity contribution in [3.05, 3.63) is 95.6 Å². The third-order valence-electron chi connectivity index (χ3n) is 6.51. The number of amides is 2. The molecule has 3 aromatic rings. The molecule has 0 aromatic heterocycles. The summed E-state index contributed by atoms with van der Waals surface area (Å²) in [5.41, 5.74) is 5.97. The highest BCUT2D eigenvalue weighted by molar-refractivity contribution is 5.95. The topological polar surface area (TPSA) is 95.9 Å². The number of nitrogens with one attached hydrogen (secondary N) is 1. The number of hydrogen-bond donors (Lipinski definition) is 2. The van der Waals surface area contributed by atoms with Gasteiger partial charge in [0.05, 0.1) is 0 Å². The summed E-state index contributed by atoms with van der Waals surface area (Å²) in [6.07, 6.45) is 2.92. The van der Waals surface area contributed by atoms with Crippen LogP contribution in [0.5, 0.6) is 0 Å². The van der Waals surface area contributed by atoms with Crippen molar-refractivity contribution in [3.63, 3.8) is 0 Å². The summed E-state index contributed by atoms with van der Waals surface area (Å²) >= 11 is 0. The first kappa shape index (κ1) is 22.4. The van der Waals surface area contributed by atoms with Crippen LogP contribution in [-0.4, -0.2) is 47.2 Å². The Morgan fingerprint density at radius 2 is 1.57 bits per heavy atom. The van der Waals surface area contributed by atoms with Gasteiger partial charge in [-0.25, -0.2) is 9.59 Å². The molecule has 5 rings (SSSR count). The van der Waals surface area contributed by atoms with Gasteiger partial charge in [0.1, 0.15) is 12.6 Å². The van der Waals surface area contributed by atoms with Gasteiger partial charge in [0.25, 0.3) is 0 Å². The number of ether oxygens (including phenoxy) is 1. The van der Waals surface area contributed by atoms with E-state index in [1.807, 2.05) is 24.3 Å². The number of fused-ring (bicyclic) bond motifs is 3. The fourth-order valence-corrected chi connectivity index (χ4v) is 4.60. The number of carbonyl (C=O) groups excluding carboxylic acids is 2. The van der Waals surface area contributed by atoms with Crippen LogP contribution in [0.3, 0.4) is 0 Å². The summed E-state index contributed by atoms with van der Waals surface area (Å²) in [7, 11) is 0. The van der Waals surface area contributed by atoms with Crippen LogP contribution in [0.2, 0.25) is 0 Å². The number of nitrogens with zero attached hydrogens (tertiary/aromatic N) is 1. The average Bonchev–Trinajstić information content (AvgIpc) is 3.15. The Bertz CT molecular complexity index is 1270. The van der Waals surface area contributed by atoms with Crippen LogP contribution in [0.1, 0.15) is 29.0 Å². The second kappa shape index (κ2) is 9.46. The Morgan fingerprint density at radius 3 is 2.14 bits per heavy atom. The van der Waals surface area contributed by atoms with Crippen LogP contribution in [0.25, 0.3) is 17.2 Å². The van der Waals surface area contributed by atoms with Crippen molar-refractivity contribution in [2.75, 3.05) is 18.5 Å². The average molecular weight is 469 g/mol. The molecule has 1 heterocycles. The van der Waals surface area contributed by atoms with Gasteiger partial charge in [-0.05, 0) is 52.4 Å². The molecule has 0 bridgehead atoms. The number of rotatable bonds is 6. The molecule has 1 unspecified atom stereocenters. The number of carbonyl (C=O) groups is 3. The summed E-state index contributed by atoms with van der Waals surface area (Å²) in [6, 6.07) is 22.5. The highest BCUT2D eigenvalue weighted by atomic mass is 16.5. The van der Waals surface area contributed by atoms with Gasteiger partial charge in [-0.2, -0.15) is 0 Å². The maximum absolute atomic E-state index is 12.4. The Labute approximate surface area is 202 Å². The van der Waals surface area contributed by atoms with Crippen molar-refractivity contribution in [1.82, 2.24) is 4.90 Å². The number of anilines is 1. The molecule has 1 atom stereocenters. The molecule has 1 fully saturated rings. The predicted octanol–water partition coefficient (Wildman–Crippen LogP) is 4.75. The molecular formula is C28H24N2O5. The molecule has 1 aliphatic heterocycles. The molecule has 7 nitrogen and oxygen atoms in total. The normalized spacial score (nSPS) is 16.3. The molecule has 0 spiro atoms. The fourth-order valence-electron chi connectivity index (χ4n) is 4.60. The Kier molecular flexibility index (Phi) is 6.06. The van der Waals surface area contributed by atoms with Crippen LogP contribution in [-0.2, 0) is 14.3 Å². The molecule has 2 N–H and O–H groups in total. The minimum absolute atomic E-state index is 0.00895. The molecular weight excluding hydrogens is 444 g/mol. The van der Waals surface area contributed by atoms with Crippen LogP contribution in [0.4, 0.5) is 10.5 Å². The molecule has 176 valence electrons. The first-order chi connectivity index (χ1) is 17.0. The number of aliphatic carboxylic acids is 1. The number of benzene rings is 3. The number of likely N-dealkylation sites (tertiary alicyclic amines) is 1. The van der Waals surface area contributed by atoms with E-state index in [-0.39, 0.29) is 18.4 Å². The highest BCUT2D eigenvalue weighted by Gasteiger charge is 2.36. The molecule has 35 heavy (non-hydrogen) atoms. The summed E-state index contributed by atoms with van der Waals surface area (Å²) in [6.45, 7) is 0.680. The van der Waals surface area contributed by atoms with Gasteiger partial charge in [-0.15, -0.1) is 0 Å². The lowest BCUT2D eigenvalue weighted by atomic mass is 9.98. The van der Waals surface area contributed by atoms with E-state index in [2.05, 4.69) is 29.6 Å². The van der Waals surface area contributed by atoms with Gasteiger partial charge >= 0.3 is 12.1 Å². The SMILES string of the molecule is O=C(Nc1ccc(/C=C/C(=O)N2CCC2C(=O)O)cc1)OCC1c2ccccc2-c2ccccc21. The van der Waals surface area contributed by atoms with E-state index in [0.29, 0.717) is 18.7 Å². The largest absolute Gasteiger partial charge is 0.480 e. The fraction of sp³-hybridized carbons (Fsp3) is 0.179. The quantitative estimate of drug-likeness (QED) is 0.509. The zero-order valence-corrected chi connectivity index (χ0v) is 18.9. The number of hydrogen-bond acceptors (Lipinski definition) is 4. The first-order valence-electron chi connectivity index (χ1n) is 11.4. The van der Waals surface area contributed by atoms with Crippen LogP contribution in [0.15, 0.2) is 78.9 Å². The van der Waals surface area contributed by atoms with Crippen LogP contribution < -0.4 is 5.32 Å². The highest BCUT2D eigenvalue weighted by Crippen LogP contribution is 2.44. The van der Waals surface area contributed by atoms with Gasteiger partial charge in [0, 0.05) is 24.2 Å². The van der Waals surface area contributed by atoms with Crippen LogP contribution in [0, 0.1) is 0 Å². The maximum Gasteiger partial charge on any atom is 0.411 e. The van der Waals surface area contributed by atoms with Gasteiger partial charge in [0.15, 0.2) is 0 Å². The monoisotopic (exact) mass is 468 g/mol. The van der Waals surface area contributed by atoms with E-state index in [9.17, 15) is 14.4 Å². The van der Waals surface area contributed by atoms with E-state index in [1.165, 1.54) is 22.1 Å². The van der Waals surface area contributed by atoms with Crippen molar-refractivity contribution >= 4 is 29.7 Å². The molecule has 0 radical (unpaired) electrons. The van der Waals surface area contributed by atoms with Gasteiger partial charge in [-0.1, -0.05) is 60.7 Å². The minimum atomic E-state index is -0.985. The molecule has 3 aromatic carbocycles. The molecule has 2 aliphatic rings. The standard InChI is InChI=1S/C28H24N2O5/c31-26(30-16-15-25(30)27(32)33)14-11-18-9-12-19(13-10-18)29-28(34)35-17-24-22-7-3-1-5-20(22)21-6-2-4-8-23(21)24/h1-14,24-25H,15-17H2,(H,29,34)(H,32,33)/b14-11+. The number of carboxylic acid groups (broad SMARTS) is 1. The summed E-state index contributed by atoms with van der Waals surface area (Å²) in [5.74, 6) is -1.32. The lowest BCUT2D eigenvalue weighted by Crippen LogP contribution is -2.54. The van der Waals surface area contributed by atoms with E-state index in [0.717, 1.165) is 16.7 Å². The minimum Gasteiger partial charge on any atom is -0.480 e. The van der Waals surface area contributed by atoms with Crippen molar-refractivity contribution in [2.24, 2.45) is 0 Å². The molecule has 7 heteroatoms. The van der Waals surface area contributed by atoms with E-state index in [4.69, 9.17) is 9.84 Å². The Morgan fingerprint density at radius 1 is 0.943 bits per heavy atom. The smallest absolute Gasteiger partial charge is 0.411 e. The van der Waals surface area contributed by atoms with Crippen molar-refractivity contribution < 1.29 is 24.2 Å². The van der Waals surface area contributed by atoms with Gasteiger partial charge in [-0.3, -0.25) is 10.1 Å². The molecule has 1 aliphatic carbocycles. The van der Waals surface area contributed by atoms with E-state index in [1.54, 1.807) is 30.3 Å². The third-order valence-corrected chi connectivity index (χ3v) is 6.51. The lowest BCUT2D eigenvalue weighted by Gasteiger charge is -2.37. The van der Waals surface area contributed by atoms with E-state index >= 15 is 0 Å². The summed E-state index contributed by atoms with van der Waals surface area (Å²) in [4.78, 5) is 37.0. The van der Waals surface area contributed by atoms with Crippen molar-refractivity contribution in [1.29, 1.82) is 0 Å². The lowest BCUT2D eigenvalue weighted by molar-refractivity contribution is -0.154. The summed E-state index contributed by atoms with van der Waals surface area (Å²) in [5, 5.41) is 11.8. The molecule has 0 saturated carbocycles. The van der Waals surface area contributed by atoms with Gasteiger partial charge < -0.3 is 14.7 Å². The first-order valence-corrected chi connectivity index (χ1v) is 11.4. The molecule has 2 amide bonds. The second-order valence-electron chi connectivity index (χ2n) is 8.58. The zero-order chi connectivity index (χ0) is 24.4. The third kappa shape index (κ3) is 4.53. The predicted molar refractivity (Wildman–Crippen MR) is 132 cm³/mol. The van der Waals surface area contributed by atoms with E-state index < -0.39 is 18.1 Å². The Hall–Kier alpha value is -4.39. The molecule has 1 saturated heterocycles. The zero-order valence-electron chi connectivity index (χ0n) is 18.9. The maximum atomic E-state index is 12.4.